The maximum Gasteiger partial charge on any atom is 0.159 e. The van der Waals surface area contributed by atoms with Gasteiger partial charge in [0.25, 0.3) is 0 Å². The molecule has 3 nitrogen and oxygen atoms in total. The van der Waals surface area contributed by atoms with Crippen LogP contribution in [0.3, 0.4) is 0 Å². The van der Waals surface area contributed by atoms with Gasteiger partial charge in [0.15, 0.2) is 5.78 Å². The number of ether oxygens (including phenoxy) is 1. The highest BCUT2D eigenvalue weighted by atomic mass is 16.5. The Kier molecular flexibility index (Phi) is 2.21. The van der Waals surface area contributed by atoms with Crippen molar-refractivity contribution in [2.75, 3.05) is 18.1 Å². The van der Waals surface area contributed by atoms with Gasteiger partial charge in [0.1, 0.15) is 0 Å². The van der Waals surface area contributed by atoms with E-state index in [0.29, 0.717) is 12.1 Å². The Balaban J connectivity index is 1.89. The number of fused-ring (bicyclic) bond motifs is 2. The Morgan fingerprint density at radius 1 is 1.50 bits per heavy atom. The molecular weight excluding hydrogens is 202 g/mol. The number of hydrogen-bond donors (Lipinski definition) is 0. The predicted octanol–water partition coefficient (Wildman–Crippen LogP) is 1.87. The van der Waals surface area contributed by atoms with Gasteiger partial charge in [-0.1, -0.05) is 12.1 Å². The van der Waals surface area contributed by atoms with E-state index in [4.69, 9.17) is 4.74 Å². The summed E-state index contributed by atoms with van der Waals surface area (Å²) >= 11 is 0. The minimum absolute atomic E-state index is 0.127. The van der Waals surface area contributed by atoms with Crippen LogP contribution >= 0.6 is 0 Å². The highest BCUT2D eigenvalue weighted by Crippen LogP contribution is 2.32. The van der Waals surface area contributed by atoms with E-state index in [-0.39, 0.29) is 5.78 Å². The quantitative estimate of drug-likeness (QED) is 0.708. The largest absolute Gasteiger partial charge is 0.374 e. The fourth-order valence-corrected chi connectivity index (χ4v) is 2.62. The molecule has 2 fully saturated rings. The van der Waals surface area contributed by atoms with Crippen LogP contribution < -0.4 is 4.90 Å². The molecule has 2 heterocycles. The number of carbonyl (C=O) groups excluding carboxylic acids is 1. The van der Waals surface area contributed by atoms with Crippen LogP contribution in [0.2, 0.25) is 0 Å². The van der Waals surface area contributed by atoms with Gasteiger partial charge < -0.3 is 9.64 Å². The summed E-state index contributed by atoms with van der Waals surface area (Å²) in [6.45, 7) is 3.40. The fraction of sp³-hybridized carbons (Fsp3) is 0.462. The smallest absolute Gasteiger partial charge is 0.159 e. The minimum Gasteiger partial charge on any atom is -0.374 e. The summed E-state index contributed by atoms with van der Waals surface area (Å²) in [6, 6.07) is 8.40. The molecule has 1 aromatic carbocycles. The molecule has 0 aromatic heterocycles. The number of rotatable bonds is 2. The van der Waals surface area contributed by atoms with Crippen molar-refractivity contribution in [3.05, 3.63) is 29.8 Å². The first-order chi connectivity index (χ1) is 7.74. The number of Topliss-reactive ketones (excluding diaryl/α,β-unsaturated/α-hetero) is 1. The van der Waals surface area contributed by atoms with Gasteiger partial charge in [0.05, 0.1) is 18.8 Å². The molecule has 2 saturated heterocycles. The van der Waals surface area contributed by atoms with Crippen molar-refractivity contribution in [3.63, 3.8) is 0 Å². The van der Waals surface area contributed by atoms with Crippen LogP contribution in [0.15, 0.2) is 24.3 Å². The zero-order valence-corrected chi connectivity index (χ0v) is 9.35. The molecule has 0 spiro atoms. The highest BCUT2D eigenvalue weighted by molar-refractivity contribution is 5.95. The second-order valence-electron chi connectivity index (χ2n) is 4.60. The van der Waals surface area contributed by atoms with Gasteiger partial charge in [-0.25, -0.2) is 0 Å². The van der Waals surface area contributed by atoms with Gasteiger partial charge in [0.2, 0.25) is 0 Å². The van der Waals surface area contributed by atoms with Gasteiger partial charge in [0, 0.05) is 17.8 Å². The van der Waals surface area contributed by atoms with Crippen LogP contribution in [0.5, 0.6) is 0 Å². The third-order valence-corrected chi connectivity index (χ3v) is 3.48. The fourth-order valence-electron chi connectivity index (χ4n) is 2.62. The summed E-state index contributed by atoms with van der Waals surface area (Å²) in [5.74, 6) is 0.127. The van der Waals surface area contributed by atoms with Crippen molar-refractivity contribution in [3.8, 4) is 0 Å². The molecule has 2 bridgehead atoms. The first-order valence-corrected chi connectivity index (χ1v) is 5.73. The Morgan fingerprint density at radius 2 is 2.38 bits per heavy atom. The lowest BCUT2D eigenvalue weighted by molar-refractivity contribution is 0.0991. The summed E-state index contributed by atoms with van der Waals surface area (Å²) in [6.07, 6.45) is 1.52. The second-order valence-corrected chi connectivity index (χ2v) is 4.60. The number of carbonyl (C=O) groups is 1. The van der Waals surface area contributed by atoms with E-state index in [2.05, 4.69) is 11.0 Å². The molecule has 0 aliphatic carbocycles. The Hall–Kier alpha value is -1.35. The molecule has 1 aromatic rings. The van der Waals surface area contributed by atoms with E-state index in [9.17, 15) is 4.79 Å². The first-order valence-electron chi connectivity index (χ1n) is 5.73. The number of ketones is 1. The van der Waals surface area contributed by atoms with Gasteiger partial charge in [-0.2, -0.15) is 0 Å². The highest BCUT2D eigenvalue weighted by Gasteiger charge is 2.38. The second kappa shape index (κ2) is 3.59. The third-order valence-electron chi connectivity index (χ3n) is 3.48. The standard InChI is InChI=1S/C13H15NO2/c1-9(15)10-3-2-4-11(5-10)14-7-13-6-12(14)8-16-13/h2-5,12-13H,6-8H2,1H3. The molecule has 0 radical (unpaired) electrons. The zero-order chi connectivity index (χ0) is 11.1. The molecule has 2 unspecified atom stereocenters. The average molecular weight is 217 g/mol. The van der Waals surface area contributed by atoms with Gasteiger partial charge in [-0.05, 0) is 25.5 Å². The summed E-state index contributed by atoms with van der Waals surface area (Å²) in [4.78, 5) is 13.7. The van der Waals surface area contributed by atoms with E-state index < -0.39 is 0 Å². The molecule has 2 atom stereocenters. The van der Waals surface area contributed by atoms with Crippen LogP contribution in [0.1, 0.15) is 23.7 Å². The van der Waals surface area contributed by atoms with E-state index in [1.54, 1.807) is 6.92 Å². The molecule has 0 saturated carbocycles. The molecule has 2 aliphatic heterocycles. The van der Waals surface area contributed by atoms with Crippen molar-refractivity contribution in [1.82, 2.24) is 0 Å². The number of anilines is 1. The van der Waals surface area contributed by atoms with Crippen molar-refractivity contribution >= 4 is 11.5 Å². The molecule has 16 heavy (non-hydrogen) atoms. The summed E-state index contributed by atoms with van der Waals surface area (Å²) in [5.41, 5.74) is 1.95. The molecule has 3 heteroatoms. The molecular formula is C13H15NO2. The van der Waals surface area contributed by atoms with E-state index >= 15 is 0 Å². The number of nitrogens with zero attached hydrogens (tertiary/aromatic N) is 1. The van der Waals surface area contributed by atoms with Crippen molar-refractivity contribution < 1.29 is 9.53 Å². The third kappa shape index (κ3) is 1.52. The van der Waals surface area contributed by atoms with Gasteiger partial charge >= 0.3 is 0 Å². The normalized spacial score (nSPS) is 27.4. The molecule has 0 amide bonds. The lowest BCUT2D eigenvalue weighted by Crippen LogP contribution is -2.36. The van der Waals surface area contributed by atoms with Gasteiger partial charge in [-0.15, -0.1) is 0 Å². The first kappa shape index (κ1) is 9.85. The molecule has 2 aliphatic rings. The van der Waals surface area contributed by atoms with Crippen LogP contribution in [0.25, 0.3) is 0 Å². The summed E-state index contributed by atoms with van der Waals surface area (Å²) in [7, 11) is 0. The lowest BCUT2D eigenvalue weighted by atomic mass is 10.1. The Bertz CT molecular complexity index is 430. The molecule has 3 rings (SSSR count). The monoisotopic (exact) mass is 217 g/mol. The van der Waals surface area contributed by atoms with Crippen molar-refractivity contribution in [2.24, 2.45) is 0 Å². The molecule has 0 N–H and O–H groups in total. The van der Waals surface area contributed by atoms with Crippen LogP contribution in [0, 0.1) is 0 Å². The number of hydrogen-bond acceptors (Lipinski definition) is 3. The summed E-state index contributed by atoms with van der Waals surface area (Å²) in [5, 5.41) is 0. The Labute approximate surface area is 95.0 Å². The van der Waals surface area contributed by atoms with E-state index in [0.717, 1.165) is 30.8 Å². The number of morpholine rings is 1. The number of benzene rings is 1. The molecule has 84 valence electrons. The van der Waals surface area contributed by atoms with Crippen molar-refractivity contribution in [2.45, 2.75) is 25.5 Å². The van der Waals surface area contributed by atoms with Crippen LogP contribution in [-0.2, 0) is 4.74 Å². The minimum atomic E-state index is 0.127. The lowest BCUT2D eigenvalue weighted by Gasteiger charge is -2.29. The maximum atomic E-state index is 11.3. The topological polar surface area (TPSA) is 29.5 Å². The van der Waals surface area contributed by atoms with Crippen LogP contribution in [0.4, 0.5) is 5.69 Å². The summed E-state index contributed by atoms with van der Waals surface area (Å²) < 4.78 is 5.57. The van der Waals surface area contributed by atoms with E-state index in [1.807, 2.05) is 18.2 Å². The average Bonchev–Trinajstić information content (AvgIpc) is 2.91. The van der Waals surface area contributed by atoms with E-state index in [1.165, 1.54) is 0 Å². The van der Waals surface area contributed by atoms with Crippen molar-refractivity contribution in [1.29, 1.82) is 0 Å². The maximum absolute atomic E-state index is 11.3. The van der Waals surface area contributed by atoms with Gasteiger partial charge in [-0.3, -0.25) is 4.79 Å². The Morgan fingerprint density at radius 3 is 3.00 bits per heavy atom. The van der Waals surface area contributed by atoms with Crippen LogP contribution in [-0.4, -0.2) is 31.1 Å². The zero-order valence-electron chi connectivity index (χ0n) is 9.35. The SMILES string of the molecule is CC(=O)c1cccc(N2CC3CC2CO3)c1. The predicted molar refractivity (Wildman–Crippen MR) is 61.9 cm³/mol.